The lowest BCUT2D eigenvalue weighted by Gasteiger charge is -2.11. The second kappa shape index (κ2) is 6.92. The molecule has 1 aromatic heterocycles. The highest BCUT2D eigenvalue weighted by Gasteiger charge is 2.16. The molecule has 2 aromatic carbocycles. The van der Waals surface area contributed by atoms with Crippen LogP contribution in [0.3, 0.4) is 0 Å². The summed E-state index contributed by atoms with van der Waals surface area (Å²) in [5.74, 6) is 0.812. The summed E-state index contributed by atoms with van der Waals surface area (Å²) in [4.78, 5) is 0. The molecule has 0 radical (unpaired) electrons. The van der Waals surface area contributed by atoms with Crippen molar-refractivity contribution < 1.29 is 13.2 Å². The molecule has 1 heterocycles. The number of rotatable bonds is 6. The fourth-order valence-electron chi connectivity index (χ4n) is 3.16. The number of nitrogen functional groups attached to an aromatic ring is 1. The number of nitrogens with two attached hydrogens (primary N) is 1. The van der Waals surface area contributed by atoms with Gasteiger partial charge in [-0.25, -0.2) is 8.42 Å². The summed E-state index contributed by atoms with van der Waals surface area (Å²) in [6.45, 7) is 5.38. The van der Waals surface area contributed by atoms with Crippen LogP contribution in [-0.4, -0.2) is 25.8 Å². The maximum Gasteiger partial charge on any atom is 0.229 e. The minimum Gasteiger partial charge on any atom is -0.494 e. The maximum atomic E-state index is 11.4. The van der Waals surface area contributed by atoms with Crippen molar-refractivity contribution in [2.24, 2.45) is 0 Å². The summed E-state index contributed by atoms with van der Waals surface area (Å²) in [6, 6.07) is 13.1. The molecular formula is C19H23N3O3S. The van der Waals surface area contributed by atoms with Crippen LogP contribution in [-0.2, 0) is 16.6 Å². The Kier molecular flexibility index (Phi) is 4.82. The fraction of sp³-hybridized carbons (Fsp3) is 0.263. The van der Waals surface area contributed by atoms with Crippen molar-refractivity contribution in [1.29, 1.82) is 0 Å². The van der Waals surface area contributed by atoms with Crippen molar-refractivity contribution in [2.45, 2.75) is 20.4 Å². The molecule has 0 amide bonds. The first-order valence-corrected chi connectivity index (χ1v) is 10.4. The maximum absolute atomic E-state index is 11.4. The van der Waals surface area contributed by atoms with Gasteiger partial charge in [-0.2, -0.15) is 0 Å². The van der Waals surface area contributed by atoms with E-state index in [4.69, 9.17) is 10.5 Å². The summed E-state index contributed by atoms with van der Waals surface area (Å²) < 4.78 is 33.0. The van der Waals surface area contributed by atoms with Crippen LogP contribution in [0.2, 0.25) is 0 Å². The molecule has 3 aromatic rings. The Hall–Kier alpha value is -2.67. The Morgan fingerprint density at radius 1 is 1.12 bits per heavy atom. The van der Waals surface area contributed by atoms with Crippen LogP contribution >= 0.6 is 0 Å². The number of ether oxygens (including phenoxy) is 1. The van der Waals surface area contributed by atoms with Crippen LogP contribution in [0.5, 0.6) is 5.75 Å². The lowest BCUT2D eigenvalue weighted by atomic mass is 10.1. The van der Waals surface area contributed by atoms with Gasteiger partial charge in [-0.1, -0.05) is 12.1 Å². The van der Waals surface area contributed by atoms with E-state index in [1.165, 1.54) is 0 Å². The van der Waals surface area contributed by atoms with Gasteiger partial charge in [0.2, 0.25) is 10.0 Å². The van der Waals surface area contributed by atoms with Gasteiger partial charge >= 0.3 is 0 Å². The lowest BCUT2D eigenvalue weighted by Crippen LogP contribution is -2.09. The van der Waals surface area contributed by atoms with Gasteiger partial charge in [0, 0.05) is 29.2 Å². The topological polar surface area (TPSA) is 86.3 Å². The first-order chi connectivity index (χ1) is 12.3. The van der Waals surface area contributed by atoms with Crippen molar-refractivity contribution in [3.05, 3.63) is 42.5 Å². The number of nitrogens with zero attached hydrogens (tertiary/aromatic N) is 1. The van der Waals surface area contributed by atoms with E-state index in [2.05, 4.69) is 16.2 Å². The van der Waals surface area contributed by atoms with E-state index in [0.29, 0.717) is 18.0 Å². The number of fused-ring (bicyclic) bond motifs is 1. The monoisotopic (exact) mass is 373 g/mol. The molecule has 3 rings (SSSR count). The molecule has 0 bridgehead atoms. The molecule has 0 atom stereocenters. The Morgan fingerprint density at radius 3 is 2.38 bits per heavy atom. The van der Waals surface area contributed by atoms with Gasteiger partial charge in [-0.05, 0) is 38.1 Å². The predicted octanol–water partition coefficient (Wildman–Crippen LogP) is 3.68. The highest BCUT2D eigenvalue weighted by Crippen LogP contribution is 2.38. The normalized spacial score (nSPS) is 11.7. The second-order valence-corrected chi connectivity index (χ2v) is 7.82. The Balaban J connectivity index is 2.10. The van der Waals surface area contributed by atoms with Crippen LogP contribution in [0.15, 0.2) is 42.5 Å². The first-order valence-electron chi connectivity index (χ1n) is 8.46. The van der Waals surface area contributed by atoms with Crippen LogP contribution < -0.4 is 15.2 Å². The van der Waals surface area contributed by atoms with E-state index in [-0.39, 0.29) is 0 Å². The predicted molar refractivity (Wildman–Crippen MR) is 107 cm³/mol. The molecule has 7 heteroatoms. The third kappa shape index (κ3) is 3.48. The molecule has 26 heavy (non-hydrogen) atoms. The number of anilines is 2. The third-order valence-corrected chi connectivity index (χ3v) is 4.77. The number of sulfonamides is 1. The fourth-order valence-corrected chi connectivity index (χ4v) is 3.73. The van der Waals surface area contributed by atoms with Crippen LogP contribution in [0.25, 0.3) is 22.2 Å². The molecule has 0 aliphatic heterocycles. The first kappa shape index (κ1) is 18.1. The Morgan fingerprint density at radius 2 is 1.81 bits per heavy atom. The largest absolute Gasteiger partial charge is 0.494 e. The minimum absolute atomic E-state index is 0.521. The zero-order valence-electron chi connectivity index (χ0n) is 15.1. The number of benzene rings is 2. The molecule has 0 spiro atoms. The number of hydrogen-bond donors (Lipinski definition) is 2. The summed E-state index contributed by atoms with van der Waals surface area (Å²) in [7, 11) is -3.30. The SMILES string of the molecule is CCOc1ccc2c(N)c(-c3ccc(NS(C)(=O)=O)cc3)n(CC)c2c1. The number of aromatic nitrogens is 1. The Bertz CT molecular complexity index is 1040. The molecule has 0 fully saturated rings. The summed E-state index contributed by atoms with van der Waals surface area (Å²) >= 11 is 0. The quantitative estimate of drug-likeness (QED) is 0.690. The highest BCUT2D eigenvalue weighted by molar-refractivity contribution is 7.92. The molecule has 0 aliphatic carbocycles. The number of aryl methyl sites for hydroxylation is 1. The summed E-state index contributed by atoms with van der Waals surface area (Å²) in [5, 5.41) is 0.976. The number of hydrogen-bond acceptors (Lipinski definition) is 4. The third-order valence-electron chi connectivity index (χ3n) is 4.16. The second-order valence-electron chi connectivity index (χ2n) is 6.07. The average Bonchev–Trinajstić information content (AvgIpc) is 2.86. The molecule has 0 saturated carbocycles. The molecular weight excluding hydrogens is 350 g/mol. The highest BCUT2D eigenvalue weighted by atomic mass is 32.2. The van der Waals surface area contributed by atoms with E-state index in [0.717, 1.165) is 40.7 Å². The van der Waals surface area contributed by atoms with E-state index in [1.807, 2.05) is 37.3 Å². The molecule has 138 valence electrons. The van der Waals surface area contributed by atoms with Crippen molar-refractivity contribution in [3.8, 4) is 17.0 Å². The van der Waals surface area contributed by atoms with Crippen LogP contribution in [0.1, 0.15) is 13.8 Å². The van der Waals surface area contributed by atoms with Crippen LogP contribution in [0, 0.1) is 0 Å². The van der Waals surface area contributed by atoms with E-state index >= 15 is 0 Å². The standard InChI is InChI=1S/C19H23N3O3S/c1-4-22-17-12-15(25-5-2)10-11-16(17)18(20)19(22)13-6-8-14(9-7-13)21-26(3,23)24/h6-12,21H,4-5,20H2,1-3H3. The zero-order valence-corrected chi connectivity index (χ0v) is 15.9. The minimum atomic E-state index is -3.30. The van der Waals surface area contributed by atoms with Gasteiger partial charge in [0.25, 0.3) is 0 Å². The van der Waals surface area contributed by atoms with Crippen molar-refractivity contribution in [3.63, 3.8) is 0 Å². The summed E-state index contributed by atoms with van der Waals surface area (Å²) in [6.07, 6.45) is 1.13. The zero-order chi connectivity index (χ0) is 18.9. The average molecular weight is 373 g/mol. The van der Waals surface area contributed by atoms with Crippen LogP contribution in [0.4, 0.5) is 11.4 Å². The lowest BCUT2D eigenvalue weighted by molar-refractivity contribution is 0.340. The smallest absolute Gasteiger partial charge is 0.229 e. The van der Waals surface area contributed by atoms with Gasteiger partial charge in [0.1, 0.15) is 5.75 Å². The van der Waals surface area contributed by atoms with Crippen molar-refractivity contribution in [1.82, 2.24) is 4.57 Å². The molecule has 0 saturated heterocycles. The van der Waals surface area contributed by atoms with Gasteiger partial charge in [0.05, 0.1) is 29.8 Å². The van der Waals surface area contributed by atoms with E-state index in [9.17, 15) is 8.42 Å². The molecule has 0 unspecified atom stereocenters. The Labute approximate surface area is 153 Å². The van der Waals surface area contributed by atoms with Crippen molar-refractivity contribution >= 4 is 32.3 Å². The summed E-state index contributed by atoms with van der Waals surface area (Å²) in [5.41, 5.74) is 10.5. The molecule has 0 aliphatic rings. The number of nitrogens with one attached hydrogen (secondary N) is 1. The van der Waals surface area contributed by atoms with E-state index in [1.54, 1.807) is 12.1 Å². The molecule has 6 nitrogen and oxygen atoms in total. The van der Waals surface area contributed by atoms with Gasteiger partial charge in [-0.3, -0.25) is 4.72 Å². The van der Waals surface area contributed by atoms with Gasteiger partial charge in [0.15, 0.2) is 0 Å². The van der Waals surface area contributed by atoms with E-state index < -0.39 is 10.0 Å². The van der Waals surface area contributed by atoms with Gasteiger partial charge in [-0.15, -0.1) is 0 Å². The molecule has 3 N–H and O–H groups in total. The van der Waals surface area contributed by atoms with Gasteiger partial charge < -0.3 is 15.0 Å². The van der Waals surface area contributed by atoms with Crippen molar-refractivity contribution in [2.75, 3.05) is 23.3 Å².